The third kappa shape index (κ3) is 6.48. The van der Waals surface area contributed by atoms with Gasteiger partial charge in [0, 0.05) is 24.6 Å². The molecule has 1 rings (SSSR count). The Bertz CT molecular complexity index is 421. The van der Waals surface area contributed by atoms with Crippen LogP contribution in [0, 0.1) is 0 Å². The maximum absolute atomic E-state index is 12.1. The highest BCUT2D eigenvalue weighted by molar-refractivity contribution is 6.32. The summed E-state index contributed by atoms with van der Waals surface area (Å²) >= 11 is 6.04. The van der Waals surface area contributed by atoms with Crippen LogP contribution in [0.5, 0.6) is 5.75 Å². The second-order valence-electron chi connectivity index (χ2n) is 4.83. The molecule has 0 saturated carbocycles. The summed E-state index contributed by atoms with van der Waals surface area (Å²) in [5.41, 5.74) is 0.846. The highest BCUT2D eigenvalue weighted by Gasteiger charge is 2.26. The zero-order chi connectivity index (χ0) is 15.2. The summed E-state index contributed by atoms with van der Waals surface area (Å²) in [6.45, 7) is 4.58. The normalized spacial score (nSPS) is 11.9. The third-order valence-electron chi connectivity index (χ3n) is 2.60. The van der Waals surface area contributed by atoms with Crippen LogP contribution in [0.4, 0.5) is 13.2 Å². The Morgan fingerprint density at radius 2 is 2.00 bits per heavy atom. The van der Waals surface area contributed by atoms with Crippen LogP contribution in [0.1, 0.15) is 32.3 Å². The molecule has 0 fully saturated rings. The Hall–Kier alpha value is -0.940. The number of para-hydroxylation sites is 1. The maximum atomic E-state index is 12.1. The summed E-state index contributed by atoms with van der Waals surface area (Å²) in [5, 5.41) is 3.64. The van der Waals surface area contributed by atoms with Crippen molar-refractivity contribution in [3.05, 3.63) is 28.8 Å². The van der Waals surface area contributed by atoms with Gasteiger partial charge in [-0.1, -0.05) is 37.6 Å². The lowest BCUT2D eigenvalue weighted by Crippen LogP contribution is -2.22. The second kappa shape index (κ2) is 7.74. The van der Waals surface area contributed by atoms with Gasteiger partial charge < -0.3 is 10.1 Å². The van der Waals surface area contributed by atoms with E-state index in [1.54, 1.807) is 12.1 Å². The van der Waals surface area contributed by atoms with Gasteiger partial charge in [0.25, 0.3) is 0 Å². The van der Waals surface area contributed by atoms with Crippen LogP contribution < -0.4 is 10.1 Å². The van der Waals surface area contributed by atoms with E-state index >= 15 is 0 Å². The fourth-order valence-electron chi connectivity index (χ4n) is 1.62. The van der Waals surface area contributed by atoms with Gasteiger partial charge in [-0.3, -0.25) is 0 Å². The monoisotopic (exact) mass is 309 g/mol. The van der Waals surface area contributed by atoms with Gasteiger partial charge in [0.1, 0.15) is 5.75 Å². The Morgan fingerprint density at radius 3 is 2.60 bits per heavy atom. The standard InChI is InChI=1S/C14H19ClF3NO/c1-10(2)19-9-11-5-3-6-12(15)13(11)20-8-4-7-14(16,17)18/h3,5-6,10,19H,4,7-9H2,1-2H3. The molecular formula is C14H19ClF3NO. The van der Waals surface area contributed by atoms with E-state index in [-0.39, 0.29) is 13.0 Å². The largest absolute Gasteiger partial charge is 0.492 e. The number of hydrogen-bond acceptors (Lipinski definition) is 2. The zero-order valence-electron chi connectivity index (χ0n) is 11.6. The first-order chi connectivity index (χ1) is 9.29. The van der Waals surface area contributed by atoms with Crippen molar-refractivity contribution in [2.45, 2.75) is 45.5 Å². The van der Waals surface area contributed by atoms with Gasteiger partial charge in [-0.2, -0.15) is 13.2 Å². The fraction of sp³-hybridized carbons (Fsp3) is 0.571. The van der Waals surface area contributed by atoms with Crippen LogP contribution in [0.2, 0.25) is 5.02 Å². The molecule has 2 nitrogen and oxygen atoms in total. The van der Waals surface area contributed by atoms with Crippen LogP contribution in [0.15, 0.2) is 18.2 Å². The summed E-state index contributed by atoms with van der Waals surface area (Å²) in [6.07, 6.45) is -5.07. The number of halogens is 4. The average Bonchev–Trinajstić information content (AvgIpc) is 2.32. The molecule has 0 aromatic heterocycles. The Labute approximate surface area is 122 Å². The van der Waals surface area contributed by atoms with Crippen molar-refractivity contribution in [3.8, 4) is 5.75 Å². The Morgan fingerprint density at radius 1 is 1.30 bits per heavy atom. The Balaban J connectivity index is 2.58. The summed E-state index contributed by atoms with van der Waals surface area (Å²) in [7, 11) is 0. The van der Waals surface area contributed by atoms with Gasteiger partial charge >= 0.3 is 6.18 Å². The molecule has 0 bridgehead atoms. The first-order valence-corrected chi connectivity index (χ1v) is 6.87. The van der Waals surface area contributed by atoms with Gasteiger partial charge in [0.2, 0.25) is 0 Å². The molecule has 6 heteroatoms. The minimum absolute atomic E-state index is 0.00206. The molecule has 114 valence electrons. The predicted octanol–water partition coefficient (Wildman–Crippen LogP) is 4.56. The highest BCUT2D eigenvalue weighted by atomic mass is 35.5. The molecule has 0 unspecified atom stereocenters. The molecule has 0 saturated heterocycles. The first kappa shape index (κ1) is 17.1. The lowest BCUT2D eigenvalue weighted by Gasteiger charge is -2.15. The van der Waals surface area contributed by atoms with Crippen molar-refractivity contribution < 1.29 is 17.9 Å². The molecular weight excluding hydrogens is 291 g/mol. The third-order valence-corrected chi connectivity index (χ3v) is 2.90. The average molecular weight is 310 g/mol. The minimum Gasteiger partial charge on any atom is -0.492 e. The van der Waals surface area contributed by atoms with Crippen LogP contribution in [0.3, 0.4) is 0 Å². The van der Waals surface area contributed by atoms with E-state index in [4.69, 9.17) is 16.3 Å². The van der Waals surface area contributed by atoms with E-state index in [9.17, 15) is 13.2 Å². The summed E-state index contributed by atoms with van der Waals surface area (Å²) in [5.74, 6) is 0.462. The molecule has 1 aromatic carbocycles. The number of rotatable bonds is 7. The van der Waals surface area contributed by atoms with E-state index in [1.165, 1.54) is 0 Å². The molecule has 0 amide bonds. The van der Waals surface area contributed by atoms with E-state index in [2.05, 4.69) is 5.32 Å². The molecule has 0 aliphatic heterocycles. The topological polar surface area (TPSA) is 21.3 Å². The van der Waals surface area contributed by atoms with Crippen molar-refractivity contribution in [2.75, 3.05) is 6.61 Å². The van der Waals surface area contributed by atoms with Gasteiger partial charge in [0.15, 0.2) is 0 Å². The molecule has 1 aromatic rings. The number of alkyl halides is 3. The van der Waals surface area contributed by atoms with Crippen molar-refractivity contribution in [2.24, 2.45) is 0 Å². The van der Waals surface area contributed by atoms with E-state index in [0.29, 0.717) is 23.4 Å². The van der Waals surface area contributed by atoms with Crippen LogP contribution in [0.25, 0.3) is 0 Å². The zero-order valence-corrected chi connectivity index (χ0v) is 12.3. The minimum atomic E-state index is -4.15. The smallest absolute Gasteiger partial charge is 0.389 e. The van der Waals surface area contributed by atoms with Crippen LogP contribution in [-0.4, -0.2) is 18.8 Å². The molecule has 0 spiro atoms. The highest BCUT2D eigenvalue weighted by Crippen LogP contribution is 2.29. The van der Waals surface area contributed by atoms with Gasteiger partial charge in [-0.25, -0.2) is 0 Å². The summed E-state index contributed by atoms with van der Waals surface area (Å²) in [6, 6.07) is 5.61. The number of hydrogen-bond donors (Lipinski definition) is 1. The van der Waals surface area contributed by atoms with Crippen molar-refractivity contribution >= 4 is 11.6 Å². The lowest BCUT2D eigenvalue weighted by molar-refractivity contribution is -0.136. The molecule has 0 atom stereocenters. The molecule has 0 aliphatic rings. The fourth-order valence-corrected chi connectivity index (χ4v) is 1.86. The predicted molar refractivity (Wildman–Crippen MR) is 74.2 cm³/mol. The maximum Gasteiger partial charge on any atom is 0.389 e. The molecule has 0 heterocycles. The van der Waals surface area contributed by atoms with Crippen molar-refractivity contribution in [3.63, 3.8) is 0 Å². The number of ether oxygens (including phenoxy) is 1. The second-order valence-corrected chi connectivity index (χ2v) is 5.24. The van der Waals surface area contributed by atoms with Gasteiger partial charge in [-0.15, -0.1) is 0 Å². The van der Waals surface area contributed by atoms with Crippen molar-refractivity contribution in [1.29, 1.82) is 0 Å². The van der Waals surface area contributed by atoms with Gasteiger partial charge in [-0.05, 0) is 12.5 Å². The first-order valence-electron chi connectivity index (χ1n) is 6.50. The quantitative estimate of drug-likeness (QED) is 0.746. The van der Waals surface area contributed by atoms with E-state index in [1.807, 2.05) is 19.9 Å². The molecule has 20 heavy (non-hydrogen) atoms. The number of benzene rings is 1. The summed E-state index contributed by atoms with van der Waals surface area (Å²) in [4.78, 5) is 0. The van der Waals surface area contributed by atoms with Gasteiger partial charge in [0.05, 0.1) is 11.6 Å². The van der Waals surface area contributed by atoms with Crippen LogP contribution in [-0.2, 0) is 6.54 Å². The number of nitrogens with one attached hydrogen (secondary N) is 1. The van der Waals surface area contributed by atoms with E-state index < -0.39 is 12.6 Å². The lowest BCUT2D eigenvalue weighted by atomic mass is 10.2. The van der Waals surface area contributed by atoms with Crippen LogP contribution >= 0.6 is 11.6 Å². The molecule has 0 aliphatic carbocycles. The summed E-state index contributed by atoms with van der Waals surface area (Å²) < 4.78 is 41.6. The van der Waals surface area contributed by atoms with Crippen molar-refractivity contribution in [1.82, 2.24) is 5.32 Å². The SMILES string of the molecule is CC(C)NCc1cccc(Cl)c1OCCCC(F)(F)F. The van der Waals surface area contributed by atoms with E-state index in [0.717, 1.165) is 5.56 Å². The Kier molecular flexibility index (Phi) is 6.62. The molecule has 0 radical (unpaired) electrons. The molecule has 1 N–H and O–H groups in total.